The Morgan fingerprint density at radius 1 is 1.26 bits per heavy atom. The van der Waals surface area contributed by atoms with Crippen molar-refractivity contribution < 1.29 is 9.50 Å². The molecule has 0 saturated heterocycles. The van der Waals surface area contributed by atoms with Gasteiger partial charge in [0.15, 0.2) is 0 Å². The Morgan fingerprint density at radius 2 is 1.89 bits per heavy atom. The molecule has 0 spiro atoms. The van der Waals surface area contributed by atoms with Crippen LogP contribution in [0.3, 0.4) is 0 Å². The summed E-state index contributed by atoms with van der Waals surface area (Å²) in [4.78, 5) is 0. The van der Waals surface area contributed by atoms with Crippen LogP contribution in [0, 0.1) is 11.2 Å². The number of nitrogens with one attached hydrogen (secondary N) is 1. The van der Waals surface area contributed by atoms with Gasteiger partial charge in [-0.1, -0.05) is 25.0 Å². The van der Waals surface area contributed by atoms with Crippen molar-refractivity contribution in [3.8, 4) is 0 Å². The molecule has 1 saturated carbocycles. The van der Waals surface area contributed by atoms with Crippen LogP contribution in [0.15, 0.2) is 24.3 Å². The summed E-state index contributed by atoms with van der Waals surface area (Å²) in [6, 6.07) is 7.03. The summed E-state index contributed by atoms with van der Waals surface area (Å²) in [5.74, 6) is -0.186. The molecule has 1 aliphatic carbocycles. The van der Waals surface area contributed by atoms with Crippen molar-refractivity contribution in [3.05, 3.63) is 35.6 Å². The molecule has 2 nitrogen and oxygen atoms in total. The largest absolute Gasteiger partial charge is 0.396 e. The number of aliphatic hydroxyl groups is 1. The van der Waals surface area contributed by atoms with E-state index in [-0.39, 0.29) is 17.8 Å². The Kier molecular flexibility index (Phi) is 4.94. The molecule has 19 heavy (non-hydrogen) atoms. The van der Waals surface area contributed by atoms with E-state index in [9.17, 15) is 9.50 Å². The first kappa shape index (κ1) is 14.5. The first-order valence-electron chi connectivity index (χ1n) is 7.22. The summed E-state index contributed by atoms with van der Waals surface area (Å²) >= 11 is 0. The van der Waals surface area contributed by atoms with Gasteiger partial charge in [-0.3, -0.25) is 0 Å². The highest BCUT2D eigenvalue weighted by atomic mass is 19.1. The average molecular weight is 265 g/mol. The monoisotopic (exact) mass is 265 g/mol. The van der Waals surface area contributed by atoms with Crippen molar-refractivity contribution in [2.75, 3.05) is 13.2 Å². The lowest BCUT2D eigenvalue weighted by atomic mass is 9.87. The molecule has 3 heteroatoms. The van der Waals surface area contributed by atoms with Gasteiger partial charge in [0.1, 0.15) is 5.82 Å². The van der Waals surface area contributed by atoms with Gasteiger partial charge in [0.2, 0.25) is 0 Å². The van der Waals surface area contributed by atoms with Crippen molar-refractivity contribution in [2.45, 2.75) is 45.1 Å². The maximum absolute atomic E-state index is 12.8. The molecule has 0 amide bonds. The molecule has 0 aromatic heterocycles. The van der Waals surface area contributed by atoms with E-state index >= 15 is 0 Å². The summed E-state index contributed by atoms with van der Waals surface area (Å²) in [6.45, 7) is 3.30. The van der Waals surface area contributed by atoms with Crippen LogP contribution in [0.25, 0.3) is 0 Å². The molecule has 0 bridgehead atoms. The van der Waals surface area contributed by atoms with Gasteiger partial charge in [0, 0.05) is 24.6 Å². The summed E-state index contributed by atoms with van der Waals surface area (Å²) in [6.07, 6.45) is 5.60. The quantitative estimate of drug-likeness (QED) is 0.829. The average Bonchev–Trinajstić information content (AvgIpc) is 2.89. The second-order valence-corrected chi connectivity index (χ2v) is 5.98. The van der Waals surface area contributed by atoms with Gasteiger partial charge in [-0.05, 0) is 43.9 Å². The molecule has 1 aliphatic rings. The smallest absolute Gasteiger partial charge is 0.123 e. The molecule has 1 aromatic carbocycles. The second kappa shape index (κ2) is 6.49. The molecule has 1 unspecified atom stereocenters. The third-order valence-electron chi connectivity index (χ3n) is 4.28. The van der Waals surface area contributed by atoms with Gasteiger partial charge in [0.05, 0.1) is 0 Å². The normalized spacial score (nSPS) is 19.5. The van der Waals surface area contributed by atoms with Crippen LogP contribution in [0.1, 0.15) is 38.2 Å². The van der Waals surface area contributed by atoms with E-state index in [0.717, 1.165) is 31.4 Å². The van der Waals surface area contributed by atoms with E-state index in [1.165, 1.54) is 25.0 Å². The Hall–Kier alpha value is -0.930. The van der Waals surface area contributed by atoms with E-state index in [4.69, 9.17) is 0 Å². The maximum atomic E-state index is 12.8. The minimum atomic E-state index is -0.186. The first-order chi connectivity index (χ1) is 9.13. The van der Waals surface area contributed by atoms with Crippen molar-refractivity contribution >= 4 is 0 Å². The number of hydrogen-bond donors (Lipinski definition) is 2. The number of halogens is 1. The van der Waals surface area contributed by atoms with Crippen LogP contribution in [0.4, 0.5) is 4.39 Å². The summed E-state index contributed by atoms with van der Waals surface area (Å²) in [5.41, 5.74) is 1.24. The fourth-order valence-electron chi connectivity index (χ4n) is 2.95. The predicted octanol–water partition coefficient (Wildman–Crippen LogP) is 2.90. The zero-order valence-electron chi connectivity index (χ0n) is 11.7. The third-order valence-corrected chi connectivity index (χ3v) is 4.28. The zero-order valence-corrected chi connectivity index (χ0v) is 11.7. The van der Waals surface area contributed by atoms with E-state index in [1.54, 1.807) is 0 Å². The minimum absolute atomic E-state index is 0.0943. The van der Waals surface area contributed by atoms with E-state index in [1.807, 2.05) is 12.1 Å². The van der Waals surface area contributed by atoms with Crippen LogP contribution < -0.4 is 5.32 Å². The van der Waals surface area contributed by atoms with Gasteiger partial charge in [-0.2, -0.15) is 0 Å². The Balaban J connectivity index is 1.81. The molecule has 2 rings (SSSR count). The highest BCUT2D eigenvalue weighted by molar-refractivity contribution is 5.17. The number of benzene rings is 1. The van der Waals surface area contributed by atoms with Gasteiger partial charge in [0.25, 0.3) is 0 Å². The van der Waals surface area contributed by atoms with Crippen molar-refractivity contribution in [1.82, 2.24) is 5.32 Å². The Labute approximate surface area is 115 Å². The van der Waals surface area contributed by atoms with Crippen LogP contribution in [-0.4, -0.2) is 24.3 Å². The molecule has 1 atom stereocenters. The minimum Gasteiger partial charge on any atom is -0.396 e. The highest BCUT2D eigenvalue weighted by Crippen LogP contribution is 2.36. The fourth-order valence-corrected chi connectivity index (χ4v) is 2.95. The first-order valence-corrected chi connectivity index (χ1v) is 7.22. The van der Waals surface area contributed by atoms with Crippen molar-refractivity contribution in [2.24, 2.45) is 5.41 Å². The number of aliphatic hydroxyl groups excluding tert-OH is 1. The molecule has 1 aromatic rings. The second-order valence-electron chi connectivity index (χ2n) is 5.98. The lowest BCUT2D eigenvalue weighted by molar-refractivity contribution is 0.125. The summed E-state index contributed by atoms with van der Waals surface area (Å²) in [7, 11) is 0. The molecular weight excluding hydrogens is 241 g/mol. The van der Waals surface area contributed by atoms with Crippen LogP contribution >= 0.6 is 0 Å². The van der Waals surface area contributed by atoms with E-state index in [2.05, 4.69) is 12.2 Å². The number of hydrogen-bond acceptors (Lipinski definition) is 2. The lowest BCUT2D eigenvalue weighted by Gasteiger charge is -2.28. The molecule has 1 fully saturated rings. The summed E-state index contributed by atoms with van der Waals surface area (Å²) < 4.78 is 12.8. The Bertz CT molecular complexity index is 384. The van der Waals surface area contributed by atoms with Gasteiger partial charge >= 0.3 is 0 Å². The van der Waals surface area contributed by atoms with Crippen LogP contribution in [0.5, 0.6) is 0 Å². The van der Waals surface area contributed by atoms with E-state index < -0.39 is 0 Å². The Morgan fingerprint density at radius 3 is 2.47 bits per heavy atom. The number of rotatable bonds is 6. The SMILES string of the molecule is CC(Cc1ccc(F)cc1)NCC1(CO)CCCC1. The standard InChI is InChI=1S/C16H24FNO/c1-13(10-14-4-6-15(17)7-5-14)18-11-16(12-19)8-2-3-9-16/h4-7,13,18-19H,2-3,8-12H2,1H3. The van der Waals surface area contributed by atoms with Gasteiger partial charge < -0.3 is 10.4 Å². The fraction of sp³-hybridized carbons (Fsp3) is 0.625. The van der Waals surface area contributed by atoms with Crippen LogP contribution in [-0.2, 0) is 6.42 Å². The van der Waals surface area contributed by atoms with Crippen LogP contribution in [0.2, 0.25) is 0 Å². The van der Waals surface area contributed by atoms with E-state index in [0.29, 0.717) is 6.04 Å². The van der Waals surface area contributed by atoms with Gasteiger partial charge in [-0.15, -0.1) is 0 Å². The lowest BCUT2D eigenvalue weighted by Crippen LogP contribution is -2.40. The maximum Gasteiger partial charge on any atom is 0.123 e. The predicted molar refractivity (Wildman–Crippen MR) is 75.6 cm³/mol. The molecule has 0 aliphatic heterocycles. The van der Waals surface area contributed by atoms with Gasteiger partial charge in [-0.25, -0.2) is 4.39 Å². The topological polar surface area (TPSA) is 32.3 Å². The molecule has 106 valence electrons. The summed E-state index contributed by atoms with van der Waals surface area (Å²) in [5, 5.41) is 13.1. The molecule has 2 N–H and O–H groups in total. The molecular formula is C16H24FNO. The molecule has 0 radical (unpaired) electrons. The zero-order chi connectivity index (χ0) is 13.7. The molecule has 0 heterocycles. The van der Waals surface area contributed by atoms with Crippen molar-refractivity contribution in [3.63, 3.8) is 0 Å². The highest BCUT2D eigenvalue weighted by Gasteiger charge is 2.32. The third kappa shape index (κ3) is 4.02. The van der Waals surface area contributed by atoms with Crippen molar-refractivity contribution in [1.29, 1.82) is 0 Å².